The van der Waals surface area contributed by atoms with Gasteiger partial charge in [0.15, 0.2) is 0 Å². The molecule has 2 rings (SSSR count). The number of nitrogens with one attached hydrogen (secondary N) is 1. The summed E-state index contributed by atoms with van der Waals surface area (Å²) in [5.41, 5.74) is 1.18. The molecule has 0 bridgehead atoms. The molecule has 0 atom stereocenters. The number of carbonyl (C=O) groups excluding carboxylic acids is 2. The standard InChI is InChI=1S/C18H19FN2O2/c1-2-21(15-9-4-3-5-10-15)18(23)17(22)20-13-12-14-8-6-7-11-16(14)19/h3-11H,2,12-13H2,1H3,(H,20,22). The molecule has 120 valence electrons. The van der Waals surface area contributed by atoms with Crippen LogP contribution in [0.25, 0.3) is 0 Å². The Kier molecular flexibility index (Phi) is 5.86. The highest BCUT2D eigenvalue weighted by Crippen LogP contribution is 2.13. The van der Waals surface area contributed by atoms with Crippen molar-refractivity contribution >= 4 is 17.5 Å². The molecule has 2 aromatic carbocycles. The van der Waals surface area contributed by atoms with Crippen LogP contribution >= 0.6 is 0 Å². The highest BCUT2D eigenvalue weighted by atomic mass is 19.1. The number of benzene rings is 2. The SMILES string of the molecule is CCN(C(=O)C(=O)NCCc1ccccc1F)c1ccccc1. The summed E-state index contributed by atoms with van der Waals surface area (Å²) in [6.45, 7) is 2.40. The van der Waals surface area contributed by atoms with E-state index < -0.39 is 11.8 Å². The summed E-state index contributed by atoms with van der Waals surface area (Å²) < 4.78 is 13.5. The lowest BCUT2D eigenvalue weighted by molar-refractivity contribution is -0.137. The predicted octanol–water partition coefficient (Wildman–Crippen LogP) is 2.54. The molecular weight excluding hydrogens is 295 g/mol. The maximum Gasteiger partial charge on any atom is 0.316 e. The van der Waals surface area contributed by atoms with E-state index in [1.165, 1.54) is 11.0 Å². The monoisotopic (exact) mass is 314 g/mol. The van der Waals surface area contributed by atoms with Crippen LogP contribution in [0.4, 0.5) is 10.1 Å². The minimum Gasteiger partial charge on any atom is -0.347 e. The molecule has 0 fully saturated rings. The van der Waals surface area contributed by atoms with Gasteiger partial charge in [-0.2, -0.15) is 0 Å². The molecule has 0 aromatic heterocycles. The second-order valence-electron chi connectivity index (χ2n) is 4.98. The second kappa shape index (κ2) is 8.08. The minimum absolute atomic E-state index is 0.206. The molecule has 1 N–H and O–H groups in total. The number of likely N-dealkylation sites (N-methyl/N-ethyl adjacent to an activating group) is 1. The van der Waals surface area contributed by atoms with Crippen molar-refractivity contribution in [2.24, 2.45) is 0 Å². The van der Waals surface area contributed by atoms with Gasteiger partial charge in [-0.1, -0.05) is 36.4 Å². The maximum absolute atomic E-state index is 13.5. The van der Waals surface area contributed by atoms with E-state index in [4.69, 9.17) is 0 Å². The van der Waals surface area contributed by atoms with Gasteiger partial charge in [-0.25, -0.2) is 4.39 Å². The number of anilines is 1. The first-order valence-corrected chi connectivity index (χ1v) is 7.51. The molecule has 0 spiro atoms. The smallest absolute Gasteiger partial charge is 0.316 e. The first-order valence-electron chi connectivity index (χ1n) is 7.51. The van der Waals surface area contributed by atoms with Gasteiger partial charge in [-0.15, -0.1) is 0 Å². The van der Waals surface area contributed by atoms with Gasteiger partial charge in [0, 0.05) is 18.8 Å². The zero-order chi connectivity index (χ0) is 16.7. The number of halogens is 1. The first kappa shape index (κ1) is 16.7. The van der Waals surface area contributed by atoms with Gasteiger partial charge in [0.25, 0.3) is 0 Å². The lowest BCUT2D eigenvalue weighted by Crippen LogP contribution is -2.43. The number of nitrogens with zero attached hydrogens (tertiary/aromatic N) is 1. The lowest BCUT2D eigenvalue weighted by atomic mass is 10.1. The van der Waals surface area contributed by atoms with Gasteiger partial charge < -0.3 is 10.2 Å². The summed E-state index contributed by atoms with van der Waals surface area (Å²) in [5.74, 6) is -1.62. The van der Waals surface area contributed by atoms with Crippen molar-refractivity contribution in [1.82, 2.24) is 5.32 Å². The molecule has 0 aliphatic carbocycles. The quantitative estimate of drug-likeness (QED) is 0.862. The number of carbonyl (C=O) groups is 2. The molecule has 4 nitrogen and oxygen atoms in total. The van der Waals surface area contributed by atoms with E-state index in [0.717, 1.165) is 0 Å². The third kappa shape index (κ3) is 4.39. The maximum atomic E-state index is 13.5. The van der Waals surface area contributed by atoms with E-state index in [-0.39, 0.29) is 12.4 Å². The minimum atomic E-state index is -0.688. The summed E-state index contributed by atoms with van der Waals surface area (Å²) in [6, 6.07) is 15.4. The van der Waals surface area contributed by atoms with Gasteiger partial charge in [0.2, 0.25) is 0 Å². The zero-order valence-corrected chi connectivity index (χ0v) is 13.0. The molecule has 23 heavy (non-hydrogen) atoms. The van der Waals surface area contributed by atoms with Gasteiger partial charge in [0.05, 0.1) is 0 Å². The van der Waals surface area contributed by atoms with Crippen LogP contribution in [0.15, 0.2) is 54.6 Å². The Labute approximate surface area is 134 Å². The van der Waals surface area contributed by atoms with Crippen molar-refractivity contribution in [2.45, 2.75) is 13.3 Å². The molecule has 2 amide bonds. The molecule has 0 saturated carbocycles. The fraction of sp³-hybridized carbons (Fsp3) is 0.222. The molecule has 2 aromatic rings. The third-order valence-corrected chi connectivity index (χ3v) is 3.46. The largest absolute Gasteiger partial charge is 0.347 e. The molecule has 0 saturated heterocycles. The average Bonchev–Trinajstić information content (AvgIpc) is 2.58. The van der Waals surface area contributed by atoms with E-state index in [0.29, 0.717) is 24.2 Å². The Morgan fingerprint density at radius 3 is 2.35 bits per heavy atom. The van der Waals surface area contributed by atoms with E-state index in [1.807, 2.05) is 6.07 Å². The topological polar surface area (TPSA) is 49.4 Å². The van der Waals surface area contributed by atoms with Gasteiger partial charge in [-0.3, -0.25) is 9.59 Å². The Morgan fingerprint density at radius 2 is 1.70 bits per heavy atom. The van der Waals surface area contributed by atoms with Crippen LogP contribution in [-0.4, -0.2) is 24.9 Å². The van der Waals surface area contributed by atoms with Crippen molar-refractivity contribution in [2.75, 3.05) is 18.0 Å². The van der Waals surface area contributed by atoms with Crippen molar-refractivity contribution in [1.29, 1.82) is 0 Å². The predicted molar refractivity (Wildman–Crippen MR) is 87.6 cm³/mol. The Balaban J connectivity index is 1.92. The third-order valence-electron chi connectivity index (χ3n) is 3.46. The average molecular weight is 314 g/mol. The number of rotatable bonds is 5. The van der Waals surface area contributed by atoms with Crippen LogP contribution in [-0.2, 0) is 16.0 Å². The van der Waals surface area contributed by atoms with Gasteiger partial charge >= 0.3 is 11.8 Å². The molecule has 0 aliphatic heterocycles. The highest BCUT2D eigenvalue weighted by Gasteiger charge is 2.21. The second-order valence-corrected chi connectivity index (χ2v) is 4.98. The van der Waals surface area contributed by atoms with Crippen LogP contribution in [0.2, 0.25) is 0 Å². The van der Waals surface area contributed by atoms with Crippen molar-refractivity contribution in [3.63, 3.8) is 0 Å². The number of para-hydroxylation sites is 1. The number of hydrogen-bond donors (Lipinski definition) is 1. The Bertz CT molecular complexity index is 674. The highest BCUT2D eigenvalue weighted by molar-refractivity contribution is 6.40. The molecule has 0 unspecified atom stereocenters. The van der Waals surface area contributed by atoms with E-state index in [1.54, 1.807) is 49.4 Å². The van der Waals surface area contributed by atoms with Crippen molar-refractivity contribution in [3.8, 4) is 0 Å². The van der Waals surface area contributed by atoms with Crippen molar-refractivity contribution < 1.29 is 14.0 Å². The van der Waals surface area contributed by atoms with Crippen LogP contribution in [0, 0.1) is 5.82 Å². The fourth-order valence-corrected chi connectivity index (χ4v) is 2.26. The molecule has 0 radical (unpaired) electrons. The van der Waals surface area contributed by atoms with Crippen LogP contribution < -0.4 is 10.2 Å². The summed E-state index contributed by atoms with van der Waals surface area (Å²) in [5, 5.41) is 2.55. The number of amides is 2. The fourth-order valence-electron chi connectivity index (χ4n) is 2.26. The Morgan fingerprint density at radius 1 is 1.04 bits per heavy atom. The summed E-state index contributed by atoms with van der Waals surface area (Å²) in [4.78, 5) is 25.6. The number of hydrogen-bond acceptors (Lipinski definition) is 2. The molecular formula is C18H19FN2O2. The van der Waals surface area contributed by atoms with Crippen LogP contribution in [0.5, 0.6) is 0 Å². The van der Waals surface area contributed by atoms with Crippen LogP contribution in [0.3, 0.4) is 0 Å². The lowest BCUT2D eigenvalue weighted by Gasteiger charge is -2.20. The van der Waals surface area contributed by atoms with Crippen LogP contribution in [0.1, 0.15) is 12.5 Å². The van der Waals surface area contributed by atoms with Crippen molar-refractivity contribution in [3.05, 3.63) is 66.0 Å². The summed E-state index contributed by atoms with van der Waals surface area (Å²) >= 11 is 0. The molecule has 5 heteroatoms. The van der Waals surface area contributed by atoms with Gasteiger partial charge in [0.1, 0.15) is 5.82 Å². The molecule has 0 aliphatic rings. The van der Waals surface area contributed by atoms with E-state index in [9.17, 15) is 14.0 Å². The summed E-state index contributed by atoms with van der Waals surface area (Å²) in [6.07, 6.45) is 0.336. The van der Waals surface area contributed by atoms with E-state index >= 15 is 0 Å². The van der Waals surface area contributed by atoms with Gasteiger partial charge in [-0.05, 0) is 37.1 Å². The van der Waals surface area contributed by atoms with E-state index in [2.05, 4.69) is 5.32 Å². The normalized spacial score (nSPS) is 10.2. The first-order chi connectivity index (χ1) is 11.1. The zero-order valence-electron chi connectivity index (χ0n) is 13.0. The Hall–Kier alpha value is -2.69. The molecule has 0 heterocycles. The summed E-state index contributed by atoms with van der Waals surface area (Å²) in [7, 11) is 0.